The Bertz CT molecular complexity index is 931. The minimum absolute atomic E-state index is 0.211. The molecule has 3 aromatic carbocycles. The van der Waals surface area contributed by atoms with Crippen LogP contribution in [0.2, 0.25) is 0 Å². The molecule has 0 atom stereocenters. The summed E-state index contributed by atoms with van der Waals surface area (Å²) in [6.07, 6.45) is 1.80. The first-order valence-corrected chi connectivity index (χ1v) is 9.28. The quantitative estimate of drug-likeness (QED) is 0.288. The first-order valence-electron chi connectivity index (χ1n) is 8.49. The van der Waals surface area contributed by atoms with Gasteiger partial charge < -0.3 is 9.47 Å². The predicted molar refractivity (Wildman–Crippen MR) is 111 cm³/mol. The van der Waals surface area contributed by atoms with Crippen LogP contribution in [0.25, 0.3) is 11.6 Å². The molecule has 3 rings (SSSR count). The van der Waals surface area contributed by atoms with E-state index in [1.165, 1.54) is 0 Å². The van der Waals surface area contributed by atoms with E-state index < -0.39 is 0 Å². The molecule has 0 amide bonds. The molecule has 0 aromatic heterocycles. The Balaban J connectivity index is 1.89. The van der Waals surface area contributed by atoms with Gasteiger partial charge in [0.25, 0.3) is 0 Å². The molecule has 0 fully saturated rings. The van der Waals surface area contributed by atoms with Gasteiger partial charge in [-0.3, -0.25) is 0 Å². The van der Waals surface area contributed by atoms with Crippen LogP contribution in [0.15, 0.2) is 83.3 Å². The van der Waals surface area contributed by atoms with Crippen LogP contribution in [-0.4, -0.2) is 13.1 Å². The smallest absolute Gasteiger partial charge is 0.339 e. The molecule has 0 saturated heterocycles. The number of carbonyl (C=O) groups is 1. The largest absolute Gasteiger partial charge is 0.496 e. The Morgan fingerprint density at radius 2 is 1.59 bits per heavy atom. The van der Waals surface area contributed by atoms with Crippen LogP contribution in [0.5, 0.6) is 5.75 Å². The lowest BCUT2D eigenvalue weighted by Gasteiger charge is -2.11. The average molecular weight is 423 g/mol. The van der Waals surface area contributed by atoms with E-state index in [4.69, 9.17) is 9.47 Å². The van der Waals surface area contributed by atoms with Gasteiger partial charge in [-0.25, -0.2) is 4.79 Å². The van der Waals surface area contributed by atoms with E-state index in [0.717, 1.165) is 21.2 Å². The topological polar surface area (TPSA) is 35.5 Å². The van der Waals surface area contributed by atoms with Crippen molar-refractivity contribution in [3.63, 3.8) is 0 Å². The highest BCUT2D eigenvalue weighted by molar-refractivity contribution is 9.10. The van der Waals surface area contributed by atoms with Crippen LogP contribution in [-0.2, 0) is 16.1 Å². The number of para-hydroxylation sites is 1. The second-order valence-electron chi connectivity index (χ2n) is 5.87. The Hall–Kier alpha value is -2.85. The highest BCUT2D eigenvalue weighted by atomic mass is 79.9. The molecule has 27 heavy (non-hydrogen) atoms. The summed E-state index contributed by atoms with van der Waals surface area (Å²) < 4.78 is 12.0. The molecule has 0 aliphatic carbocycles. The summed E-state index contributed by atoms with van der Waals surface area (Å²) in [7, 11) is 1.61. The average Bonchev–Trinajstić information content (AvgIpc) is 2.72. The van der Waals surface area contributed by atoms with Gasteiger partial charge in [-0.05, 0) is 35.4 Å². The Kier molecular flexibility index (Phi) is 6.44. The summed E-state index contributed by atoms with van der Waals surface area (Å²) in [5.41, 5.74) is 3.03. The van der Waals surface area contributed by atoms with Gasteiger partial charge in [0.2, 0.25) is 0 Å². The van der Waals surface area contributed by atoms with Gasteiger partial charge in [0.05, 0.1) is 12.7 Å². The first kappa shape index (κ1) is 18.9. The minimum atomic E-state index is -0.380. The number of esters is 1. The molecule has 0 saturated carbocycles. The summed E-state index contributed by atoms with van der Waals surface area (Å²) in [6.45, 7) is 0.211. The van der Waals surface area contributed by atoms with Gasteiger partial charge in [-0.1, -0.05) is 76.6 Å². The zero-order valence-electron chi connectivity index (χ0n) is 14.9. The monoisotopic (exact) mass is 422 g/mol. The molecule has 3 nitrogen and oxygen atoms in total. The minimum Gasteiger partial charge on any atom is -0.496 e. The zero-order chi connectivity index (χ0) is 19.1. The Labute approximate surface area is 167 Å². The van der Waals surface area contributed by atoms with Gasteiger partial charge in [-0.15, -0.1) is 0 Å². The molecular weight excluding hydrogens is 404 g/mol. The van der Waals surface area contributed by atoms with E-state index in [1.807, 2.05) is 78.9 Å². The lowest BCUT2D eigenvalue weighted by Crippen LogP contribution is -2.07. The van der Waals surface area contributed by atoms with Gasteiger partial charge in [0.1, 0.15) is 12.4 Å². The molecule has 3 aromatic rings. The summed E-state index contributed by atoms with van der Waals surface area (Å²) in [5, 5.41) is 0. The predicted octanol–water partition coefficient (Wildman–Crippen LogP) is 5.74. The summed E-state index contributed by atoms with van der Waals surface area (Å²) in [6, 6.07) is 24.7. The van der Waals surface area contributed by atoms with Crippen molar-refractivity contribution in [3.05, 3.63) is 100 Å². The molecule has 0 N–H and O–H groups in total. The SMILES string of the molecule is COc1ccccc1C=C(C(=O)OCc1ccc(Br)cc1)c1ccccc1. The molecular formula is C23H19BrO3. The first-order chi connectivity index (χ1) is 13.2. The van der Waals surface area contributed by atoms with Gasteiger partial charge in [-0.2, -0.15) is 0 Å². The zero-order valence-corrected chi connectivity index (χ0v) is 16.5. The Morgan fingerprint density at radius 3 is 2.30 bits per heavy atom. The maximum atomic E-state index is 12.8. The third kappa shape index (κ3) is 5.08. The van der Waals surface area contributed by atoms with Crippen molar-refractivity contribution in [1.29, 1.82) is 0 Å². The van der Waals surface area contributed by atoms with E-state index >= 15 is 0 Å². The van der Waals surface area contributed by atoms with Gasteiger partial charge >= 0.3 is 5.97 Å². The number of halogens is 1. The second kappa shape index (κ2) is 9.19. The molecule has 0 unspecified atom stereocenters. The molecule has 0 bridgehead atoms. The Morgan fingerprint density at radius 1 is 0.926 bits per heavy atom. The van der Waals surface area contributed by atoms with Crippen molar-refractivity contribution in [2.75, 3.05) is 7.11 Å². The van der Waals surface area contributed by atoms with E-state index in [9.17, 15) is 4.79 Å². The second-order valence-corrected chi connectivity index (χ2v) is 6.78. The van der Waals surface area contributed by atoms with Crippen molar-refractivity contribution in [2.24, 2.45) is 0 Å². The maximum Gasteiger partial charge on any atom is 0.339 e. The van der Waals surface area contributed by atoms with Crippen molar-refractivity contribution in [2.45, 2.75) is 6.61 Å². The van der Waals surface area contributed by atoms with Crippen LogP contribution >= 0.6 is 15.9 Å². The molecule has 4 heteroatoms. The number of hydrogen-bond donors (Lipinski definition) is 0. The van der Waals surface area contributed by atoms with Crippen LogP contribution in [0, 0.1) is 0 Å². The fourth-order valence-corrected chi connectivity index (χ4v) is 2.89. The van der Waals surface area contributed by atoms with Crippen LogP contribution in [0.3, 0.4) is 0 Å². The van der Waals surface area contributed by atoms with Crippen molar-refractivity contribution >= 4 is 33.5 Å². The van der Waals surface area contributed by atoms with Crippen LogP contribution in [0.4, 0.5) is 0 Å². The van der Waals surface area contributed by atoms with E-state index in [-0.39, 0.29) is 12.6 Å². The van der Waals surface area contributed by atoms with Gasteiger partial charge in [0.15, 0.2) is 0 Å². The molecule has 0 spiro atoms. The van der Waals surface area contributed by atoms with Crippen molar-refractivity contribution < 1.29 is 14.3 Å². The van der Waals surface area contributed by atoms with Crippen LogP contribution in [0.1, 0.15) is 16.7 Å². The molecule has 0 heterocycles. The lowest BCUT2D eigenvalue weighted by molar-refractivity contribution is -0.137. The third-order valence-corrected chi connectivity index (χ3v) is 4.56. The van der Waals surface area contributed by atoms with Crippen LogP contribution < -0.4 is 4.74 Å². The lowest BCUT2D eigenvalue weighted by atomic mass is 10.0. The standard InChI is InChI=1S/C23H19BrO3/c1-26-22-10-6-5-9-19(22)15-21(18-7-3-2-4-8-18)23(25)27-16-17-11-13-20(24)14-12-17/h2-15H,16H2,1H3. The summed E-state index contributed by atoms with van der Waals surface area (Å²) in [5.74, 6) is 0.321. The van der Waals surface area contributed by atoms with E-state index in [2.05, 4.69) is 15.9 Å². The van der Waals surface area contributed by atoms with Gasteiger partial charge in [0, 0.05) is 10.0 Å². The summed E-state index contributed by atoms with van der Waals surface area (Å²) >= 11 is 3.40. The number of hydrogen-bond acceptors (Lipinski definition) is 3. The highest BCUT2D eigenvalue weighted by Gasteiger charge is 2.15. The molecule has 136 valence electrons. The van der Waals surface area contributed by atoms with Crippen molar-refractivity contribution in [3.8, 4) is 5.75 Å². The number of carbonyl (C=O) groups excluding carboxylic acids is 1. The van der Waals surface area contributed by atoms with Crippen molar-refractivity contribution in [1.82, 2.24) is 0 Å². The number of rotatable bonds is 6. The highest BCUT2D eigenvalue weighted by Crippen LogP contribution is 2.26. The normalized spacial score (nSPS) is 11.1. The molecule has 0 radical (unpaired) electrons. The third-order valence-electron chi connectivity index (χ3n) is 4.03. The van der Waals surface area contributed by atoms with E-state index in [1.54, 1.807) is 13.2 Å². The number of methoxy groups -OCH3 is 1. The fourth-order valence-electron chi connectivity index (χ4n) is 2.63. The maximum absolute atomic E-state index is 12.8. The molecule has 0 aliphatic rings. The van der Waals surface area contributed by atoms with E-state index in [0.29, 0.717) is 11.3 Å². The fraction of sp³-hybridized carbons (Fsp3) is 0.0870. The number of ether oxygens (including phenoxy) is 2. The molecule has 0 aliphatic heterocycles. The number of benzene rings is 3. The summed E-state index contributed by atoms with van der Waals surface area (Å²) in [4.78, 5) is 12.8.